The maximum atomic E-state index is 11.6. The van der Waals surface area contributed by atoms with Gasteiger partial charge in [-0.3, -0.25) is 0 Å². The van der Waals surface area contributed by atoms with Crippen LogP contribution < -0.4 is 4.90 Å². The molecule has 2 unspecified atom stereocenters. The van der Waals surface area contributed by atoms with Crippen LogP contribution in [-0.2, 0) is 4.79 Å². The molecule has 3 heterocycles. The lowest BCUT2D eigenvalue weighted by Gasteiger charge is -2.37. The first-order valence-corrected chi connectivity index (χ1v) is 6.86. The Bertz CT molecular complexity index is 652. The van der Waals surface area contributed by atoms with Gasteiger partial charge in [-0.25, -0.2) is 9.78 Å². The number of hydrogen-bond donors (Lipinski definition) is 1. The van der Waals surface area contributed by atoms with Gasteiger partial charge in [-0.05, 0) is 43.4 Å². The van der Waals surface area contributed by atoms with Crippen molar-refractivity contribution < 1.29 is 9.90 Å². The number of carboxylic acid groups (broad SMARTS) is 1. The summed E-state index contributed by atoms with van der Waals surface area (Å²) in [5.41, 5.74) is 1.81. The van der Waals surface area contributed by atoms with E-state index < -0.39 is 12.0 Å². The summed E-state index contributed by atoms with van der Waals surface area (Å²) in [5, 5.41) is 13.7. The largest absolute Gasteiger partial charge is 0.480 e. The number of hydrogen-bond acceptors (Lipinski definition) is 4. The second-order valence-corrected chi connectivity index (χ2v) is 5.60. The second-order valence-electron chi connectivity index (χ2n) is 5.60. The Labute approximate surface area is 117 Å². The maximum absolute atomic E-state index is 11.6. The minimum atomic E-state index is -0.772. The summed E-state index contributed by atoms with van der Waals surface area (Å²) in [4.78, 5) is 17.7. The summed E-state index contributed by atoms with van der Waals surface area (Å²) in [6.07, 6.45) is 3.16. The monoisotopic (exact) mass is 274 g/mol. The molecule has 0 aliphatic carbocycles. The number of rotatable bonds is 2. The van der Waals surface area contributed by atoms with Gasteiger partial charge in [-0.15, -0.1) is 0 Å². The number of carboxylic acids is 1. The van der Waals surface area contributed by atoms with Crippen LogP contribution in [0.2, 0.25) is 0 Å². The normalized spacial score (nSPS) is 23.2. The molecule has 3 rings (SSSR count). The molecule has 0 spiro atoms. The smallest absolute Gasteiger partial charge is 0.326 e. The molecule has 1 saturated heterocycles. The summed E-state index contributed by atoms with van der Waals surface area (Å²) < 4.78 is 1.72. The van der Waals surface area contributed by atoms with Gasteiger partial charge in [0.15, 0.2) is 5.65 Å². The number of piperidine rings is 1. The van der Waals surface area contributed by atoms with Crippen molar-refractivity contribution in [2.75, 3.05) is 11.4 Å². The highest BCUT2D eigenvalue weighted by molar-refractivity contribution is 5.78. The fourth-order valence-electron chi connectivity index (χ4n) is 2.89. The summed E-state index contributed by atoms with van der Waals surface area (Å²) in [6.45, 7) is 4.83. The van der Waals surface area contributed by atoms with E-state index in [0.29, 0.717) is 12.3 Å². The van der Waals surface area contributed by atoms with Crippen molar-refractivity contribution in [3.63, 3.8) is 0 Å². The van der Waals surface area contributed by atoms with Crippen molar-refractivity contribution in [1.29, 1.82) is 0 Å². The first kappa shape index (κ1) is 12.9. The lowest BCUT2D eigenvalue weighted by Crippen LogP contribution is -2.47. The molecule has 0 aromatic carbocycles. The predicted molar refractivity (Wildman–Crippen MR) is 74.9 cm³/mol. The molecule has 1 fully saturated rings. The van der Waals surface area contributed by atoms with Crippen molar-refractivity contribution in [1.82, 2.24) is 14.6 Å². The number of aliphatic carboxylic acids is 1. The van der Waals surface area contributed by atoms with E-state index in [-0.39, 0.29) is 0 Å². The number of anilines is 1. The maximum Gasteiger partial charge on any atom is 0.326 e. The van der Waals surface area contributed by atoms with Crippen LogP contribution in [0.4, 0.5) is 5.82 Å². The SMILES string of the molecule is Cc1cc(N2CCC(C)CC2C(=O)O)n2ncnc2c1. The third-order valence-electron chi connectivity index (χ3n) is 3.95. The molecule has 1 aliphatic heterocycles. The molecule has 2 atom stereocenters. The van der Waals surface area contributed by atoms with E-state index in [2.05, 4.69) is 17.0 Å². The second kappa shape index (κ2) is 4.77. The molecule has 1 N–H and O–H groups in total. The third kappa shape index (κ3) is 2.11. The number of aryl methyl sites for hydroxylation is 1. The molecule has 0 radical (unpaired) electrons. The topological polar surface area (TPSA) is 70.7 Å². The van der Waals surface area contributed by atoms with Crippen LogP contribution in [0, 0.1) is 12.8 Å². The molecule has 2 aromatic heterocycles. The van der Waals surface area contributed by atoms with E-state index in [1.807, 2.05) is 24.0 Å². The van der Waals surface area contributed by atoms with Gasteiger partial charge in [0.1, 0.15) is 18.2 Å². The third-order valence-corrected chi connectivity index (χ3v) is 3.95. The van der Waals surface area contributed by atoms with Crippen LogP contribution in [0.5, 0.6) is 0 Å². The minimum absolute atomic E-state index is 0.434. The van der Waals surface area contributed by atoms with Crippen molar-refractivity contribution >= 4 is 17.4 Å². The Morgan fingerprint density at radius 3 is 3.00 bits per heavy atom. The molecule has 20 heavy (non-hydrogen) atoms. The Kier molecular flexibility index (Phi) is 3.08. The van der Waals surface area contributed by atoms with Gasteiger partial charge in [0.05, 0.1) is 0 Å². The van der Waals surface area contributed by atoms with Gasteiger partial charge < -0.3 is 10.0 Å². The zero-order valence-electron chi connectivity index (χ0n) is 11.7. The fraction of sp³-hybridized carbons (Fsp3) is 0.500. The Hall–Kier alpha value is -2.11. The van der Waals surface area contributed by atoms with Gasteiger partial charge in [0.2, 0.25) is 0 Å². The lowest BCUT2D eigenvalue weighted by molar-refractivity contribution is -0.139. The van der Waals surface area contributed by atoms with Crippen LogP contribution in [0.15, 0.2) is 18.5 Å². The standard InChI is InChI=1S/C14H18N4O2/c1-9-3-4-17(11(5-9)14(19)20)13-7-10(2)6-12-15-8-16-18(12)13/h6-9,11H,3-5H2,1-2H3,(H,19,20). The number of aromatic nitrogens is 3. The first-order valence-electron chi connectivity index (χ1n) is 6.86. The molecule has 0 bridgehead atoms. The highest BCUT2D eigenvalue weighted by Gasteiger charge is 2.33. The fourth-order valence-corrected chi connectivity index (χ4v) is 2.89. The lowest BCUT2D eigenvalue weighted by atomic mass is 9.92. The molecule has 106 valence electrons. The first-order chi connectivity index (χ1) is 9.56. The average Bonchev–Trinajstić information content (AvgIpc) is 2.85. The van der Waals surface area contributed by atoms with E-state index in [9.17, 15) is 9.90 Å². The minimum Gasteiger partial charge on any atom is -0.480 e. The van der Waals surface area contributed by atoms with E-state index in [4.69, 9.17) is 0 Å². The van der Waals surface area contributed by atoms with Crippen LogP contribution >= 0.6 is 0 Å². The van der Waals surface area contributed by atoms with Gasteiger partial charge in [0, 0.05) is 6.54 Å². The number of carbonyl (C=O) groups is 1. The zero-order valence-corrected chi connectivity index (χ0v) is 11.7. The number of pyridine rings is 1. The molecule has 0 amide bonds. The Balaban J connectivity index is 2.08. The van der Waals surface area contributed by atoms with E-state index in [0.717, 1.165) is 30.0 Å². The number of fused-ring (bicyclic) bond motifs is 1. The van der Waals surface area contributed by atoms with Gasteiger partial charge in [-0.2, -0.15) is 9.61 Å². The summed E-state index contributed by atoms with van der Waals surface area (Å²) in [7, 11) is 0. The highest BCUT2D eigenvalue weighted by Crippen LogP contribution is 2.29. The number of nitrogens with zero attached hydrogens (tertiary/aromatic N) is 4. The van der Waals surface area contributed by atoms with Crippen LogP contribution in [0.3, 0.4) is 0 Å². The quantitative estimate of drug-likeness (QED) is 0.903. The van der Waals surface area contributed by atoms with Crippen molar-refractivity contribution in [3.8, 4) is 0 Å². The molecule has 6 heteroatoms. The van der Waals surface area contributed by atoms with Gasteiger partial charge >= 0.3 is 5.97 Å². The zero-order chi connectivity index (χ0) is 14.3. The van der Waals surface area contributed by atoms with Crippen molar-refractivity contribution in [3.05, 3.63) is 24.0 Å². The van der Waals surface area contributed by atoms with Crippen molar-refractivity contribution in [2.24, 2.45) is 5.92 Å². The van der Waals surface area contributed by atoms with E-state index in [1.165, 1.54) is 6.33 Å². The Morgan fingerprint density at radius 2 is 2.25 bits per heavy atom. The highest BCUT2D eigenvalue weighted by atomic mass is 16.4. The van der Waals surface area contributed by atoms with Crippen LogP contribution in [0.1, 0.15) is 25.3 Å². The van der Waals surface area contributed by atoms with Gasteiger partial charge in [-0.1, -0.05) is 6.92 Å². The van der Waals surface area contributed by atoms with Crippen LogP contribution in [-0.4, -0.2) is 38.3 Å². The van der Waals surface area contributed by atoms with Gasteiger partial charge in [0.25, 0.3) is 0 Å². The Morgan fingerprint density at radius 1 is 1.45 bits per heavy atom. The molecular formula is C14H18N4O2. The molecular weight excluding hydrogens is 256 g/mol. The van der Waals surface area contributed by atoms with E-state index >= 15 is 0 Å². The summed E-state index contributed by atoms with van der Waals surface area (Å²) in [5.74, 6) is 0.478. The summed E-state index contributed by atoms with van der Waals surface area (Å²) >= 11 is 0. The average molecular weight is 274 g/mol. The molecule has 0 saturated carbocycles. The molecule has 6 nitrogen and oxygen atoms in total. The molecule has 2 aromatic rings. The summed E-state index contributed by atoms with van der Waals surface area (Å²) in [6, 6.07) is 3.43. The van der Waals surface area contributed by atoms with E-state index in [1.54, 1.807) is 4.52 Å². The van der Waals surface area contributed by atoms with Crippen molar-refractivity contribution in [2.45, 2.75) is 32.7 Å². The van der Waals surface area contributed by atoms with Crippen LogP contribution in [0.25, 0.3) is 5.65 Å². The molecule has 1 aliphatic rings. The predicted octanol–water partition coefficient (Wildman–Crippen LogP) is 1.73.